The average molecular weight is 503 g/mol. The first-order chi connectivity index (χ1) is 18.0. The summed E-state index contributed by atoms with van der Waals surface area (Å²) < 4.78 is 14.4. The summed E-state index contributed by atoms with van der Waals surface area (Å²) in [4.78, 5) is 12.7. The molecule has 4 aliphatic carbocycles. The van der Waals surface area contributed by atoms with E-state index >= 15 is 0 Å². The fourth-order valence-corrected chi connectivity index (χ4v) is 6.24. The van der Waals surface area contributed by atoms with E-state index in [0.29, 0.717) is 37.5 Å². The minimum atomic E-state index is -0.742. The van der Waals surface area contributed by atoms with Crippen LogP contribution in [0.4, 0.5) is 0 Å². The third-order valence-electron chi connectivity index (χ3n) is 9.12. The van der Waals surface area contributed by atoms with Crippen LogP contribution in [-0.4, -0.2) is 34.6 Å². The Labute approximate surface area is 219 Å². The van der Waals surface area contributed by atoms with Crippen molar-refractivity contribution in [2.45, 2.75) is 69.9 Å². The van der Waals surface area contributed by atoms with Crippen LogP contribution in [0.25, 0.3) is 11.3 Å². The molecule has 6 nitrogen and oxygen atoms in total. The predicted molar refractivity (Wildman–Crippen MR) is 142 cm³/mol. The zero-order chi connectivity index (χ0) is 25.5. The number of benzene rings is 1. The maximum Gasteiger partial charge on any atom is 0.310 e. The summed E-state index contributed by atoms with van der Waals surface area (Å²) in [7, 11) is 1.68. The van der Waals surface area contributed by atoms with Gasteiger partial charge in [-0.2, -0.15) is 5.10 Å². The summed E-state index contributed by atoms with van der Waals surface area (Å²) >= 11 is 0. The van der Waals surface area contributed by atoms with Crippen molar-refractivity contribution in [1.82, 2.24) is 9.78 Å². The molecule has 196 valence electrons. The fourth-order valence-electron chi connectivity index (χ4n) is 6.24. The second kappa shape index (κ2) is 9.79. The molecule has 1 aromatic heterocycles. The van der Waals surface area contributed by atoms with Gasteiger partial charge in [0.1, 0.15) is 11.4 Å². The van der Waals surface area contributed by atoms with Crippen molar-refractivity contribution in [2.24, 2.45) is 23.2 Å². The van der Waals surface area contributed by atoms with Crippen molar-refractivity contribution < 1.29 is 19.4 Å². The van der Waals surface area contributed by atoms with E-state index in [9.17, 15) is 9.90 Å². The topological polar surface area (TPSA) is 73.6 Å². The molecule has 37 heavy (non-hydrogen) atoms. The number of allylic oxidation sites excluding steroid dienone is 4. The van der Waals surface area contributed by atoms with Gasteiger partial charge in [0.25, 0.3) is 0 Å². The van der Waals surface area contributed by atoms with Gasteiger partial charge in [-0.1, -0.05) is 24.3 Å². The summed E-state index contributed by atoms with van der Waals surface area (Å²) in [5.41, 5.74) is 1.90. The number of carboxylic acid groups (broad SMARTS) is 1. The van der Waals surface area contributed by atoms with Crippen LogP contribution in [0.15, 0.2) is 54.6 Å². The quantitative estimate of drug-likeness (QED) is 0.409. The Morgan fingerprint density at radius 3 is 2.38 bits per heavy atom. The van der Waals surface area contributed by atoms with Gasteiger partial charge in [0, 0.05) is 12.1 Å². The van der Waals surface area contributed by atoms with E-state index in [1.54, 1.807) is 7.11 Å². The van der Waals surface area contributed by atoms with Gasteiger partial charge >= 0.3 is 5.97 Å². The van der Waals surface area contributed by atoms with Gasteiger partial charge in [-0.15, -0.1) is 0 Å². The maximum atomic E-state index is 12.7. The molecule has 3 saturated carbocycles. The molecule has 0 amide bonds. The van der Waals surface area contributed by atoms with Crippen molar-refractivity contribution >= 4 is 5.97 Å². The van der Waals surface area contributed by atoms with E-state index in [-0.39, 0.29) is 5.92 Å². The monoisotopic (exact) mass is 502 g/mol. The first-order valence-electron chi connectivity index (χ1n) is 13.9. The molecule has 0 bridgehead atoms. The molecule has 1 heterocycles. The lowest BCUT2D eigenvalue weighted by Gasteiger charge is -2.47. The van der Waals surface area contributed by atoms with Gasteiger partial charge in [0.05, 0.1) is 30.5 Å². The summed E-state index contributed by atoms with van der Waals surface area (Å²) in [6.07, 6.45) is 16.6. The van der Waals surface area contributed by atoms with Crippen molar-refractivity contribution in [3.8, 4) is 17.0 Å². The third-order valence-corrected chi connectivity index (χ3v) is 9.12. The molecule has 2 aromatic rings. The SMILES string of the molecule is COc1ccc(-c2cc(C3(OCC4CC4)CCC(C(=O)O)(C4C=CC=CC4)CC3)n(CC3CC3)n2)cc1. The van der Waals surface area contributed by atoms with Gasteiger partial charge < -0.3 is 14.6 Å². The van der Waals surface area contributed by atoms with Crippen LogP contribution >= 0.6 is 0 Å². The summed E-state index contributed by atoms with van der Waals surface area (Å²) in [5.74, 6) is 1.50. The lowest BCUT2D eigenvalue weighted by Crippen LogP contribution is -2.47. The van der Waals surface area contributed by atoms with Gasteiger partial charge in [-0.3, -0.25) is 9.48 Å². The largest absolute Gasteiger partial charge is 0.497 e. The molecule has 1 N–H and O–H groups in total. The molecule has 3 fully saturated rings. The highest BCUT2D eigenvalue weighted by Crippen LogP contribution is 2.54. The van der Waals surface area contributed by atoms with Crippen LogP contribution in [0.5, 0.6) is 5.75 Å². The van der Waals surface area contributed by atoms with Crippen LogP contribution in [0.2, 0.25) is 0 Å². The minimum Gasteiger partial charge on any atom is -0.497 e. The van der Waals surface area contributed by atoms with E-state index in [1.807, 2.05) is 24.3 Å². The molecule has 1 atom stereocenters. The number of aromatic nitrogens is 2. The van der Waals surface area contributed by atoms with Crippen molar-refractivity contribution in [3.05, 3.63) is 60.3 Å². The third kappa shape index (κ3) is 4.88. The molecule has 1 aromatic carbocycles. The van der Waals surface area contributed by atoms with Crippen molar-refractivity contribution in [3.63, 3.8) is 0 Å². The highest BCUT2D eigenvalue weighted by molar-refractivity contribution is 5.76. The number of hydrogen-bond donors (Lipinski definition) is 1. The molecular formula is C31H38N2O4. The van der Waals surface area contributed by atoms with E-state index in [2.05, 4.69) is 35.0 Å². The lowest BCUT2D eigenvalue weighted by atomic mass is 9.60. The number of rotatable bonds is 10. The Bertz CT molecular complexity index is 1180. The number of hydrogen-bond acceptors (Lipinski definition) is 4. The first kappa shape index (κ1) is 24.5. The van der Waals surface area contributed by atoms with Gasteiger partial charge in [-0.25, -0.2) is 0 Å². The summed E-state index contributed by atoms with van der Waals surface area (Å²) in [5, 5.41) is 15.6. The molecule has 0 saturated heterocycles. The van der Waals surface area contributed by atoms with Crippen LogP contribution < -0.4 is 4.74 Å². The van der Waals surface area contributed by atoms with E-state index in [0.717, 1.165) is 42.3 Å². The molecule has 1 unspecified atom stereocenters. The van der Waals surface area contributed by atoms with Gasteiger partial charge in [-0.05, 0) is 106 Å². The zero-order valence-corrected chi connectivity index (χ0v) is 21.8. The van der Waals surface area contributed by atoms with E-state index < -0.39 is 17.0 Å². The smallest absolute Gasteiger partial charge is 0.310 e. The standard InChI is InChI=1S/C31H38N2O4/c1-36-26-13-11-24(12-14-26)27-19-28(33(32-27)20-22-7-8-22)31(37-21-23-9-10-23)17-15-30(16-18-31,29(34)35)25-5-3-2-4-6-25/h2-5,11-14,19,22-23,25H,6-10,15-18,20-21H2,1H3,(H,34,35). The van der Waals surface area contributed by atoms with Crippen molar-refractivity contribution in [1.29, 1.82) is 0 Å². The number of ether oxygens (including phenoxy) is 2. The van der Waals surface area contributed by atoms with Crippen LogP contribution in [0.1, 0.15) is 63.5 Å². The normalized spacial score (nSPS) is 29.4. The Morgan fingerprint density at radius 1 is 1.05 bits per heavy atom. The van der Waals surface area contributed by atoms with Crippen LogP contribution in [0.3, 0.4) is 0 Å². The number of aliphatic carboxylic acids is 1. The molecule has 0 radical (unpaired) electrons. The van der Waals surface area contributed by atoms with E-state index in [4.69, 9.17) is 14.6 Å². The summed E-state index contributed by atoms with van der Waals surface area (Å²) in [6, 6.07) is 10.3. The molecular weight excluding hydrogens is 464 g/mol. The van der Waals surface area contributed by atoms with E-state index in [1.165, 1.54) is 25.7 Å². The van der Waals surface area contributed by atoms with Gasteiger partial charge in [0.2, 0.25) is 0 Å². The van der Waals surface area contributed by atoms with Crippen molar-refractivity contribution in [2.75, 3.05) is 13.7 Å². The number of methoxy groups -OCH3 is 1. The lowest BCUT2D eigenvalue weighted by molar-refractivity contribution is -0.164. The maximum absolute atomic E-state index is 12.7. The first-order valence-corrected chi connectivity index (χ1v) is 13.9. The second-order valence-electron chi connectivity index (χ2n) is 11.6. The Balaban J connectivity index is 1.35. The number of carbonyl (C=O) groups is 1. The predicted octanol–water partition coefficient (Wildman–Crippen LogP) is 6.37. The Kier molecular flexibility index (Phi) is 6.47. The second-order valence-corrected chi connectivity index (χ2v) is 11.6. The molecule has 4 aliphatic rings. The number of carboxylic acids is 1. The van der Waals surface area contributed by atoms with Crippen LogP contribution in [0, 0.1) is 23.2 Å². The fraction of sp³-hybridized carbons (Fsp3) is 0.548. The van der Waals surface area contributed by atoms with Crippen LogP contribution in [-0.2, 0) is 21.7 Å². The highest BCUT2D eigenvalue weighted by Gasteiger charge is 2.53. The van der Waals surface area contributed by atoms with Gasteiger partial charge in [0.15, 0.2) is 0 Å². The molecule has 0 spiro atoms. The highest BCUT2D eigenvalue weighted by atomic mass is 16.5. The zero-order valence-electron chi connectivity index (χ0n) is 21.8. The minimum absolute atomic E-state index is 0.0302. The molecule has 0 aliphatic heterocycles. The average Bonchev–Trinajstić information content (AvgIpc) is 3.87. The Hall–Kier alpha value is -2.86. The summed E-state index contributed by atoms with van der Waals surface area (Å²) in [6.45, 7) is 1.65. The Morgan fingerprint density at radius 2 is 1.78 bits per heavy atom. The number of nitrogens with zero attached hydrogens (tertiary/aromatic N) is 2. The molecule has 6 heteroatoms. The molecule has 6 rings (SSSR count).